The predicted molar refractivity (Wildman–Crippen MR) is 64.8 cm³/mol. The molecule has 0 saturated heterocycles. The molecule has 1 nitrogen and oxygen atoms in total. The van der Waals surface area contributed by atoms with Crippen LogP contribution in [0, 0.1) is 11.3 Å². The highest BCUT2D eigenvalue weighted by Gasteiger charge is 2.32. The van der Waals surface area contributed by atoms with Crippen LogP contribution >= 0.6 is 0 Å². The van der Waals surface area contributed by atoms with Crippen molar-refractivity contribution in [3.05, 3.63) is 35.4 Å². The Hall–Kier alpha value is -0.820. The van der Waals surface area contributed by atoms with E-state index in [-0.39, 0.29) is 5.41 Å². The van der Waals surface area contributed by atoms with Crippen LogP contribution in [0.5, 0.6) is 0 Å². The highest BCUT2D eigenvalue weighted by molar-refractivity contribution is 5.32. The molecular formula is C14H21N. The molecule has 1 aliphatic carbocycles. The Morgan fingerprint density at radius 2 is 1.60 bits per heavy atom. The second-order valence-electron chi connectivity index (χ2n) is 5.83. The zero-order valence-electron chi connectivity index (χ0n) is 9.96. The first-order chi connectivity index (χ1) is 6.98. The summed E-state index contributed by atoms with van der Waals surface area (Å²) in [6.07, 6.45) is 2.32. The Morgan fingerprint density at radius 3 is 2.00 bits per heavy atom. The average Bonchev–Trinajstić information content (AvgIpc) is 2.58. The summed E-state index contributed by atoms with van der Waals surface area (Å²) in [6.45, 7) is 6.71. The zero-order valence-corrected chi connectivity index (χ0v) is 9.96. The third-order valence-electron chi connectivity index (χ3n) is 3.59. The molecule has 15 heavy (non-hydrogen) atoms. The average molecular weight is 203 g/mol. The van der Waals surface area contributed by atoms with Gasteiger partial charge >= 0.3 is 0 Å². The van der Waals surface area contributed by atoms with E-state index >= 15 is 0 Å². The van der Waals surface area contributed by atoms with Gasteiger partial charge in [-0.3, -0.25) is 0 Å². The van der Waals surface area contributed by atoms with Crippen molar-refractivity contribution < 1.29 is 0 Å². The van der Waals surface area contributed by atoms with E-state index in [1.165, 1.54) is 11.1 Å². The van der Waals surface area contributed by atoms with Gasteiger partial charge in [-0.1, -0.05) is 45.0 Å². The lowest BCUT2D eigenvalue weighted by atomic mass is 9.78. The lowest BCUT2D eigenvalue weighted by Crippen LogP contribution is -2.42. The smallest absolute Gasteiger partial charge is 0.0122 e. The number of rotatable bonds is 1. The van der Waals surface area contributed by atoms with E-state index in [0.29, 0.717) is 12.0 Å². The topological polar surface area (TPSA) is 26.0 Å². The Balaban J connectivity index is 2.14. The van der Waals surface area contributed by atoms with E-state index in [1.807, 2.05) is 0 Å². The molecule has 0 aliphatic heterocycles. The van der Waals surface area contributed by atoms with Crippen molar-refractivity contribution in [1.82, 2.24) is 0 Å². The van der Waals surface area contributed by atoms with Gasteiger partial charge in [0, 0.05) is 6.04 Å². The van der Waals surface area contributed by atoms with Crippen LogP contribution in [-0.2, 0) is 12.8 Å². The molecule has 0 fully saturated rings. The van der Waals surface area contributed by atoms with Gasteiger partial charge in [-0.15, -0.1) is 0 Å². The number of benzene rings is 1. The first-order valence-electron chi connectivity index (χ1n) is 5.81. The van der Waals surface area contributed by atoms with Crippen molar-refractivity contribution >= 4 is 0 Å². The molecule has 0 saturated carbocycles. The van der Waals surface area contributed by atoms with Crippen LogP contribution in [0.25, 0.3) is 0 Å². The fraction of sp³-hybridized carbons (Fsp3) is 0.571. The molecule has 0 spiro atoms. The van der Waals surface area contributed by atoms with Gasteiger partial charge in [0.05, 0.1) is 0 Å². The van der Waals surface area contributed by atoms with Gasteiger partial charge in [-0.2, -0.15) is 0 Å². The maximum Gasteiger partial charge on any atom is 0.0122 e. The van der Waals surface area contributed by atoms with Crippen LogP contribution in [0.3, 0.4) is 0 Å². The van der Waals surface area contributed by atoms with Crippen LogP contribution in [0.4, 0.5) is 0 Å². The number of fused-ring (bicyclic) bond motifs is 1. The fourth-order valence-electron chi connectivity index (χ4n) is 2.55. The summed E-state index contributed by atoms with van der Waals surface area (Å²) in [5.41, 5.74) is 9.55. The van der Waals surface area contributed by atoms with E-state index in [9.17, 15) is 0 Å². The Bertz CT molecular complexity index is 324. The van der Waals surface area contributed by atoms with Gasteiger partial charge in [0.1, 0.15) is 0 Å². The summed E-state index contributed by atoms with van der Waals surface area (Å²) in [4.78, 5) is 0. The van der Waals surface area contributed by atoms with Crippen molar-refractivity contribution in [3.63, 3.8) is 0 Å². The second-order valence-corrected chi connectivity index (χ2v) is 5.83. The van der Waals surface area contributed by atoms with Crippen molar-refractivity contribution in [2.24, 2.45) is 17.1 Å². The SMILES string of the molecule is CC(C)(C)C(N)C1Cc2ccccc2C1. The molecule has 82 valence electrons. The van der Waals surface area contributed by atoms with Gasteiger partial charge in [-0.05, 0) is 35.3 Å². The van der Waals surface area contributed by atoms with Crippen molar-refractivity contribution in [1.29, 1.82) is 0 Å². The standard InChI is InChI=1S/C14H21N/c1-14(2,3)13(15)12-8-10-6-4-5-7-11(10)9-12/h4-7,12-13H,8-9,15H2,1-3H3. The summed E-state index contributed by atoms with van der Waals surface area (Å²) < 4.78 is 0. The molecule has 2 N–H and O–H groups in total. The molecule has 0 radical (unpaired) electrons. The minimum Gasteiger partial charge on any atom is -0.327 e. The van der Waals surface area contributed by atoms with Crippen molar-refractivity contribution in [2.45, 2.75) is 39.7 Å². The van der Waals surface area contributed by atoms with Crippen LogP contribution in [0.2, 0.25) is 0 Å². The monoisotopic (exact) mass is 203 g/mol. The van der Waals surface area contributed by atoms with Crippen LogP contribution in [0.1, 0.15) is 31.9 Å². The first-order valence-corrected chi connectivity index (χ1v) is 5.81. The highest BCUT2D eigenvalue weighted by Crippen LogP contribution is 2.33. The first kappa shape index (κ1) is 10.7. The van der Waals surface area contributed by atoms with E-state index in [0.717, 1.165) is 12.8 Å². The van der Waals surface area contributed by atoms with Crippen LogP contribution in [0.15, 0.2) is 24.3 Å². The maximum atomic E-state index is 6.34. The van der Waals surface area contributed by atoms with Gasteiger partial charge in [0.15, 0.2) is 0 Å². The minimum absolute atomic E-state index is 0.215. The predicted octanol–water partition coefficient (Wildman–Crippen LogP) is 2.77. The zero-order chi connectivity index (χ0) is 11.1. The summed E-state index contributed by atoms with van der Waals surface area (Å²) in [6, 6.07) is 9.04. The molecule has 1 aliphatic rings. The molecule has 0 bridgehead atoms. The molecule has 0 heterocycles. The molecule has 1 unspecified atom stereocenters. The van der Waals surface area contributed by atoms with Crippen molar-refractivity contribution in [3.8, 4) is 0 Å². The van der Waals surface area contributed by atoms with Gasteiger partial charge in [-0.25, -0.2) is 0 Å². The van der Waals surface area contributed by atoms with E-state index in [1.54, 1.807) is 0 Å². The Labute approximate surface area is 92.7 Å². The summed E-state index contributed by atoms with van der Waals surface area (Å²) in [5, 5.41) is 0. The maximum absolute atomic E-state index is 6.34. The molecule has 0 amide bonds. The van der Waals surface area contributed by atoms with E-state index in [4.69, 9.17) is 5.73 Å². The lowest BCUT2D eigenvalue weighted by Gasteiger charge is -2.32. The third-order valence-corrected chi connectivity index (χ3v) is 3.59. The Morgan fingerprint density at radius 1 is 1.13 bits per heavy atom. The fourth-order valence-corrected chi connectivity index (χ4v) is 2.55. The summed E-state index contributed by atoms with van der Waals surface area (Å²) in [5.74, 6) is 0.627. The Kier molecular flexibility index (Phi) is 2.59. The number of hydrogen-bond acceptors (Lipinski definition) is 1. The number of nitrogens with two attached hydrogens (primary N) is 1. The quantitative estimate of drug-likeness (QED) is 0.746. The van der Waals surface area contributed by atoms with Gasteiger partial charge in [0.2, 0.25) is 0 Å². The molecule has 1 aromatic rings. The van der Waals surface area contributed by atoms with E-state index < -0.39 is 0 Å². The molecular weight excluding hydrogens is 182 g/mol. The molecule has 1 heteroatoms. The van der Waals surface area contributed by atoms with Gasteiger partial charge < -0.3 is 5.73 Å². The van der Waals surface area contributed by atoms with Crippen LogP contribution in [-0.4, -0.2) is 6.04 Å². The molecule has 2 rings (SSSR count). The van der Waals surface area contributed by atoms with Crippen molar-refractivity contribution in [2.75, 3.05) is 0 Å². The largest absolute Gasteiger partial charge is 0.327 e. The minimum atomic E-state index is 0.215. The third kappa shape index (κ3) is 2.07. The summed E-state index contributed by atoms with van der Waals surface area (Å²) >= 11 is 0. The molecule has 1 aromatic carbocycles. The normalized spacial score (nSPS) is 18.9. The lowest BCUT2D eigenvalue weighted by molar-refractivity contribution is 0.242. The molecule has 1 atom stereocenters. The van der Waals surface area contributed by atoms with Gasteiger partial charge in [0.25, 0.3) is 0 Å². The second kappa shape index (κ2) is 3.64. The van der Waals surface area contributed by atoms with E-state index in [2.05, 4.69) is 45.0 Å². The highest BCUT2D eigenvalue weighted by atomic mass is 14.7. The summed E-state index contributed by atoms with van der Waals surface area (Å²) in [7, 11) is 0. The van der Waals surface area contributed by atoms with Crippen LogP contribution < -0.4 is 5.73 Å². The number of hydrogen-bond donors (Lipinski definition) is 1. The molecule has 0 aromatic heterocycles.